The smallest absolute Gasteiger partial charge is 0.171 e. The van der Waals surface area contributed by atoms with E-state index < -0.39 is 0 Å². The normalized spacial score (nSPS) is 10.9. The minimum absolute atomic E-state index is 0. The van der Waals surface area contributed by atoms with Crippen molar-refractivity contribution in [3.05, 3.63) is 126 Å². The van der Waals surface area contributed by atoms with Gasteiger partial charge in [0.1, 0.15) is 5.75 Å². The summed E-state index contributed by atoms with van der Waals surface area (Å²) in [5.41, 5.74) is 4.05. The topological polar surface area (TPSA) is 20.2 Å². The molecule has 0 radical (unpaired) electrons. The first-order valence-electron chi connectivity index (χ1n) is 11.8. The molecule has 202 valence electrons. The summed E-state index contributed by atoms with van der Waals surface area (Å²) >= 11 is 1.75. The second-order valence-corrected chi connectivity index (χ2v) is 9.91. The maximum atomic E-state index is 9.36. The van der Waals surface area contributed by atoms with E-state index in [9.17, 15) is 5.11 Å². The monoisotopic (exact) mass is 573 g/mol. The van der Waals surface area contributed by atoms with Crippen molar-refractivity contribution < 1.29 is 25.1 Å². The molecule has 1 N–H and O–H groups in total. The van der Waals surface area contributed by atoms with Crippen molar-refractivity contribution in [3.63, 3.8) is 0 Å². The maximum absolute atomic E-state index is 9.36. The van der Waals surface area contributed by atoms with Crippen LogP contribution in [-0.4, -0.2) is 9.92 Å². The van der Waals surface area contributed by atoms with Crippen LogP contribution in [0.4, 0.5) is 0 Å². The van der Waals surface area contributed by atoms with Gasteiger partial charge in [-0.2, -0.15) is 78.9 Å². The van der Waals surface area contributed by atoms with E-state index in [2.05, 4.69) is 82.8 Å². The van der Waals surface area contributed by atoms with E-state index in [-0.39, 0.29) is 30.2 Å². The van der Waals surface area contributed by atoms with E-state index in [0.717, 1.165) is 12.0 Å². The Kier molecular flexibility index (Phi) is 23.7. The number of hydrogen-bond acceptors (Lipinski definition) is 1. The zero-order valence-corrected chi connectivity index (χ0v) is 26.5. The van der Waals surface area contributed by atoms with Crippen molar-refractivity contribution in [2.45, 2.75) is 60.3 Å². The molecule has 0 fully saturated rings. The van der Waals surface area contributed by atoms with Crippen LogP contribution < -0.4 is 0 Å². The SMILES string of the molecule is CC(C)(C)C1=[C-]CC=C1.Cc1cc(O)cc(C(C)(C)C)c1.Cl.Cl.[CH2]=[Ti].[c-]1ccccc1.[c-]1ccccc1. The van der Waals surface area contributed by atoms with E-state index in [1.165, 1.54) is 11.1 Å². The van der Waals surface area contributed by atoms with E-state index in [1.54, 1.807) is 26.0 Å². The molecule has 37 heavy (non-hydrogen) atoms. The van der Waals surface area contributed by atoms with Crippen LogP contribution >= 0.6 is 24.8 Å². The van der Waals surface area contributed by atoms with Gasteiger partial charge in [0.2, 0.25) is 0 Å². The van der Waals surface area contributed by atoms with Crippen molar-refractivity contribution in [2.24, 2.45) is 5.41 Å². The van der Waals surface area contributed by atoms with Crippen LogP contribution in [0, 0.1) is 30.5 Å². The number of aryl methyl sites for hydroxylation is 1. The Balaban J connectivity index is -0.000000414. The van der Waals surface area contributed by atoms with Crippen LogP contribution in [0.1, 0.15) is 59.1 Å². The Morgan fingerprint density at radius 3 is 1.41 bits per heavy atom. The van der Waals surface area contributed by atoms with Crippen LogP contribution in [0.25, 0.3) is 0 Å². The predicted octanol–water partition coefficient (Wildman–Crippen LogP) is 9.50. The molecule has 4 rings (SSSR count). The van der Waals surface area contributed by atoms with Gasteiger partial charge in [-0.05, 0) is 41.0 Å². The minimum atomic E-state index is 0. The molecule has 4 heteroatoms. The standard InChI is InChI=1S/C11H16O.C9H13.2C6H5.CH2.2ClH.Ti/c1-8-5-9(11(2,3)4)7-10(12)6-8;1-9(2,3)8-6-4-5-7-8;2*1-2-4-6-5-3-1;;;;/h5-7,12H,1-4H3;4,6H,5H2,1-3H3;2*1-5H;1H2;2*1H;/q;3*-1;;;;. The molecule has 0 aromatic heterocycles. The number of allylic oxidation sites excluding steroid dienone is 4. The summed E-state index contributed by atoms with van der Waals surface area (Å²) in [6.45, 7) is 15.1. The summed E-state index contributed by atoms with van der Waals surface area (Å²) in [5.74, 6) is 0.361. The second kappa shape index (κ2) is 22.1. The molecule has 0 saturated carbocycles. The summed E-state index contributed by atoms with van der Waals surface area (Å²) in [6.07, 6.45) is 8.63. The number of benzene rings is 3. The van der Waals surface area contributed by atoms with Gasteiger partial charge >= 0.3 is 24.8 Å². The predicted molar refractivity (Wildman–Crippen MR) is 164 cm³/mol. The summed E-state index contributed by atoms with van der Waals surface area (Å²) in [6, 6.07) is 30.7. The van der Waals surface area contributed by atoms with Crippen LogP contribution in [-0.2, 0) is 25.4 Å². The van der Waals surface area contributed by atoms with Crippen LogP contribution in [0.5, 0.6) is 5.75 Å². The Labute approximate surface area is 250 Å². The number of halogens is 2. The Bertz CT molecular complexity index is 881. The largest absolute Gasteiger partial charge is 0.184 e. The molecule has 0 spiro atoms. The van der Waals surface area contributed by atoms with E-state index in [1.807, 2.05) is 73.7 Å². The molecule has 0 unspecified atom stereocenters. The van der Waals surface area contributed by atoms with Crippen molar-refractivity contribution in [1.29, 1.82) is 0 Å². The van der Waals surface area contributed by atoms with Crippen molar-refractivity contribution in [3.8, 4) is 5.75 Å². The van der Waals surface area contributed by atoms with Gasteiger partial charge in [0.25, 0.3) is 0 Å². The number of aromatic hydroxyl groups is 1. The first-order chi connectivity index (χ1) is 16.5. The van der Waals surface area contributed by atoms with Gasteiger partial charge in [0.15, 0.2) is 0 Å². The van der Waals surface area contributed by atoms with Gasteiger partial charge in [-0.3, -0.25) is 6.08 Å². The number of phenols is 1. The number of phenolic OH excluding ortho intramolecular Hbond substituents is 1. The maximum Gasteiger partial charge on any atom is -0.171 e. The van der Waals surface area contributed by atoms with Gasteiger partial charge in [-0.1, -0.05) is 47.6 Å². The first kappa shape index (κ1) is 39.6. The molecule has 3 aromatic carbocycles. The summed E-state index contributed by atoms with van der Waals surface area (Å²) in [7, 11) is 0. The van der Waals surface area contributed by atoms with Crippen molar-refractivity contribution in [1.82, 2.24) is 0 Å². The zero-order valence-electron chi connectivity index (χ0n) is 23.3. The molecular formula is C33H43Cl2OTi-3. The average Bonchev–Trinajstić information content (AvgIpc) is 3.39. The van der Waals surface area contributed by atoms with Crippen LogP contribution in [0.2, 0.25) is 0 Å². The molecule has 0 amide bonds. The van der Waals surface area contributed by atoms with Gasteiger partial charge in [0.05, 0.1) is 0 Å². The third-order valence-corrected chi connectivity index (χ3v) is 4.65. The molecule has 0 atom stereocenters. The van der Waals surface area contributed by atoms with Crippen LogP contribution in [0.3, 0.4) is 0 Å². The van der Waals surface area contributed by atoms with Gasteiger partial charge in [-0.25, -0.2) is 11.6 Å². The number of hydrogen-bond donors (Lipinski definition) is 1. The van der Waals surface area contributed by atoms with Crippen molar-refractivity contribution >= 4 is 29.6 Å². The van der Waals surface area contributed by atoms with E-state index in [0.29, 0.717) is 11.2 Å². The Morgan fingerprint density at radius 1 is 0.730 bits per heavy atom. The van der Waals surface area contributed by atoms with E-state index >= 15 is 0 Å². The van der Waals surface area contributed by atoms with Crippen molar-refractivity contribution in [2.75, 3.05) is 0 Å². The molecule has 1 aliphatic carbocycles. The van der Waals surface area contributed by atoms with Gasteiger partial charge in [0, 0.05) is 0 Å². The fraction of sp³-hybridized carbons (Fsp3) is 0.303. The number of rotatable bonds is 0. The van der Waals surface area contributed by atoms with Gasteiger partial charge < -0.3 is 5.11 Å². The molecule has 1 nitrogen and oxygen atoms in total. The summed E-state index contributed by atoms with van der Waals surface area (Å²) < 4.78 is 0. The molecule has 1 aliphatic rings. The van der Waals surface area contributed by atoms with Crippen LogP contribution in [0.15, 0.2) is 96.6 Å². The zero-order chi connectivity index (χ0) is 26.7. The fourth-order valence-electron chi connectivity index (χ4n) is 2.80. The summed E-state index contributed by atoms with van der Waals surface area (Å²) in [5, 5.41) is 9.36. The van der Waals surface area contributed by atoms with Gasteiger partial charge in [-0.15, -0.1) is 31.2 Å². The fourth-order valence-corrected chi connectivity index (χ4v) is 2.80. The molecule has 0 aliphatic heterocycles. The quantitative estimate of drug-likeness (QED) is 0.210. The summed E-state index contributed by atoms with van der Waals surface area (Å²) in [4.78, 5) is 3.25. The third-order valence-electron chi connectivity index (χ3n) is 4.65. The first-order valence-corrected chi connectivity index (χ1v) is 12.9. The average molecular weight is 574 g/mol. The molecule has 0 saturated heterocycles. The Morgan fingerprint density at radius 2 is 1.19 bits per heavy atom. The van der Waals surface area contributed by atoms with E-state index in [4.69, 9.17) is 0 Å². The Hall–Kier alpha value is -1.90. The minimum Gasteiger partial charge on any atom is -0.184 e. The second-order valence-electron chi connectivity index (χ2n) is 9.91. The third kappa shape index (κ3) is 20.8. The molecular weight excluding hydrogens is 531 g/mol. The molecule has 3 aromatic rings. The molecule has 0 heterocycles. The molecule has 0 bridgehead atoms.